The van der Waals surface area contributed by atoms with E-state index in [4.69, 9.17) is 14.9 Å². The number of ether oxygens (including phenoxy) is 1. The molecule has 0 atom stereocenters. The summed E-state index contributed by atoms with van der Waals surface area (Å²) in [6.07, 6.45) is 4.09. The molecule has 1 amide bonds. The highest BCUT2D eigenvalue weighted by molar-refractivity contribution is 5.67. The van der Waals surface area contributed by atoms with Crippen LogP contribution in [0.15, 0.2) is 0 Å². The Kier molecular flexibility index (Phi) is 15.0. The SMILES string of the molecule is CN(C)CCN(C)CCNC(=O)OC(CCCCO)CCCCO. The molecule has 0 radical (unpaired) electrons. The Bertz CT molecular complexity index is 294. The first-order chi connectivity index (χ1) is 11.5. The molecule has 3 N–H and O–H groups in total. The Hall–Kier alpha value is -0.890. The molecule has 144 valence electrons. The van der Waals surface area contributed by atoms with E-state index in [9.17, 15) is 4.79 Å². The van der Waals surface area contributed by atoms with E-state index >= 15 is 0 Å². The molecular weight excluding hydrogens is 310 g/mol. The molecule has 0 spiro atoms. The third-order valence-corrected chi connectivity index (χ3v) is 3.83. The number of hydrogen-bond acceptors (Lipinski definition) is 6. The number of unbranched alkanes of at least 4 members (excludes halogenated alkanes) is 2. The third kappa shape index (κ3) is 14.7. The molecule has 0 aliphatic carbocycles. The maximum absolute atomic E-state index is 11.9. The molecular formula is C17H37N3O4. The fraction of sp³-hybridized carbons (Fsp3) is 0.941. The average molecular weight is 348 g/mol. The lowest BCUT2D eigenvalue weighted by atomic mass is 10.1. The Morgan fingerprint density at radius 2 is 1.54 bits per heavy atom. The van der Waals surface area contributed by atoms with Crippen molar-refractivity contribution in [3.05, 3.63) is 0 Å². The van der Waals surface area contributed by atoms with Crippen LogP contribution >= 0.6 is 0 Å². The van der Waals surface area contributed by atoms with Crippen molar-refractivity contribution in [2.75, 3.05) is 60.5 Å². The molecule has 0 aromatic heterocycles. The lowest BCUT2D eigenvalue weighted by molar-refractivity contribution is 0.0819. The highest BCUT2D eigenvalue weighted by Crippen LogP contribution is 2.12. The van der Waals surface area contributed by atoms with Gasteiger partial charge in [0.25, 0.3) is 0 Å². The number of carbonyl (C=O) groups is 1. The number of nitrogens with zero attached hydrogens (tertiary/aromatic N) is 2. The Morgan fingerprint density at radius 3 is 2.04 bits per heavy atom. The van der Waals surface area contributed by atoms with Crippen LogP contribution in [0.25, 0.3) is 0 Å². The van der Waals surface area contributed by atoms with Crippen molar-refractivity contribution in [1.82, 2.24) is 15.1 Å². The first-order valence-electron chi connectivity index (χ1n) is 8.99. The molecule has 7 nitrogen and oxygen atoms in total. The Morgan fingerprint density at radius 1 is 0.958 bits per heavy atom. The van der Waals surface area contributed by atoms with E-state index in [1.165, 1.54) is 0 Å². The molecule has 0 aliphatic heterocycles. The van der Waals surface area contributed by atoms with E-state index in [0.29, 0.717) is 6.54 Å². The zero-order valence-corrected chi connectivity index (χ0v) is 15.7. The van der Waals surface area contributed by atoms with Crippen LogP contribution in [0.3, 0.4) is 0 Å². The second-order valence-electron chi connectivity index (χ2n) is 6.50. The fourth-order valence-corrected chi connectivity index (χ4v) is 2.25. The lowest BCUT2D eigenvalue weighted by Gasteiger charge is -2.21. The molecule has 0 heterocycles. The van der Waals surface area contributed by atoms with Crippen LogP contribution in [0.5, 0.6) is 0 Å². The highest BCUT2D eigenvalue weighted by Gasteiger charge is 2.14. The smallest absolute Gasteiger partial charge is 0.407 e. The second-order valence-corrected chi connectivity index (χ2v) is 6.50. The van der Waals surface area contributed by atoms with Gasteiger partial charge in [0.2, 0.25) is 0 Å². The van der Waals surface area contributed by atoms with Crippen molar-refractivity contribution in [2.45, 2.75) is 44.6 Å². The number of likely N-dealkylation sites (N-methyl/N-ethyl adjacent to an activating group) is 2. The fourth-order valence-electron chi connectivity index (χ4n) is 2.25. The van der Waals surface area contributed by atoms with Crippen molar-refractivity contribution in [3.8, 4) is 0 Å². The number of hydrogen-bond donors (Lipinski definition) is 3. The van der Waals surface area contributed by atoms with Crippen LogP contribution in [0, 0.1) is 0 Å². The summed E-state index contributed by atoms with van der Waals surface area (Å²) in [4.78, 5) is 16.2. The van der Waals surface area contributed by atoms with E-state index < -0.39 is 0 Å². The van der Waals surface area contributed by atoms with Gasteiger partial charge in [-0.3, -0.25) is 0 Å². The molecule has 0 aromatic carbocycles. The highest BCUT2D eigenvalue weighted by atomic mass is 16.6. The molecule has 0 aromatic rings. The minimum absolute atomic E-state index is 0.144. The Labute approximate surface area is 147 Å². The van der Waals surface area contributed by atoms with Crippen LogP contribution in [0.2, 0.25) is 0 Å². The number of aliphatic hydroxyl groups excluding tert-OH is 2. The number of aliphatic hydroxyl groups is 2. The maximum atomic E-state index is 11.9. The lowest BCUT2D eigenvalue weighted by Crippen LogP contribution is -2.37. The van der Waals surface area contributed by atoms with E-state index in [1.807, 2.05) is 21.1 Å². The number of carbonyl (C=O) groups excluding carboxylic acids is 1. The summed E-state index contributed by atoms with van der Waals surface area (Å²) in [5.74, 6) is 0. The van der Waals surface area contributed by atoms with Gasteiger partial charge in [0.05, 0.1) is 0 Å². The van der Waals surface area contributed by atoms with Gasteiger partial charge in [-0.2, -0.15) is 0 Å². The number of alkyl carbamates (subject to hydrolysis) is 1. The van der Waals surface area contributed by atoms with Crippen molar-refractivity contribution in [3.63, 3.8) is 0 Å². The van der Waals surface area contributed by atoms with E-state index in [0.717, 1.165) is 58.2 Å². The molecule has 0 rings (SSSR count). The van der Waals surface area contributed by atoms with Gasteiger partial charge in [0.1, 0.15) is 6.10 Å². The maximum Gasteiger partial charge on any atom is 0.407 e. The molecule has 24 heavy (non-hydrogen) atoms. The van der Waals surface area contributed by atoms with Crippen LogP contribution in [-0.2, 0) is 4.74 Å². The standard InChI is InChI=1S/C17H37N3O4/c1-19(2)12-13-20(3)11-10-18-17(23)24-16(8-4-6-14-21)9-5-7-15-22/h16,21-22H,4-15H2,1-3H3,(H,18,23). The van der Waals surface area contributed by atoms with Gasteiger partial charge in [-0.05, 0) is 59.7 Å². The summed E-state index contributed by atoms with van der Waals surface area (Å²) in [6, 6.07) is 0. The van der Waals surface area contributed by atoms with Gasteiger partial charge < -0.3 is 30.1 Å². The van der Waals surface area contributed by atoms with Gasteiger partial charge in [0.15, 0.2) is 0 Å². The van der Waals surface area contributed by atoms with Crippen LogP contribution in [-0.4, -0.2) is 92.7 Å². The zero-order chi connectivity index (χ0) is 18.2. The monoisotopic (exact) mass is 347 g/mol. The molecule has 0 bridgehead atoms. The average Bonchev–Trinajstić information content (AvgIpc) is 2.53. The summed E-state index contributed by atoms with van der Waals surface area (Å²) >= 11 is 0. The minimum Gasteiger partial charge on any atom is -0.446 e. The molecule has 0 saturated heterocycles. The summed E-state index contributed by atoms with van der Waals surface area (Å²) in [5.41, 5.74) is 0. The van der Waals surface area contributed by atoms with Crippen molar-refractivity contribution in [1.29, 1.82) is 0 Å². The summed E-state index contributed by atoms with van der Waals surface area (Å²) in [5, 5.41) is 20.5. The van der Waals surface area contributed by atoms with E-state index in [-0.39, 0.29) is 25.4 Å². The molecule has 0 fully saturated rings. The normalized spacial score (nSPS) is 11.5. The van der Waals surface area contributed by atoms with Crippen molar-refractivity contribution in [2.24, 2.45) is 0 Å². The first-order valence-corrected chi connectivity index (χ1v) is 8.99. The van der Waals surface area contributed by atoms with Crippen molar-refractivity contribution < 1.29 is 19.7 Å². The topological polar surface area (TPSA) is 85.3 Å². The van der Waals surface area contributed by atoms with Crippen LogP contribution in [0.4, 0.5) is 4.79 Å². The zero-order valence-electron chi connectivity index (χ0n) is 15.7. The van der Waals surface area contributed by atoms with E-state index in [2.05, 4.69) is 15.1 Å². The van der Waals surface area contributed by atoms with Gasteiger partial charge in [0, 0.05) is 39.4 Å². The summed E-state index contributed by atoms with van der Waals surface area (Å²) in [6.45, 7) is 3.60. The van der Waals surface area contributed by atoms with Gasteiger partial charge >= 0.3 is 6.09 Å². The van der Waals surface area contributed by atoms with Crippen LogP contribution in [0.1, 0.15) is 38.5 Å². The van der Waals surface area contributed by atoms with Gasteiger partial charge in [-0.25, -0.2) is 4.79 Å². The van der Waals surface area contributed by atoms with Crippen LogP contribution < -0.4 is 5.32 Å². The predicted octanol–water partition coefficient (Wildman–Crippen LogP) is 0.900. The summed E-state index contributed by atoms with van der Waals surface area (Å²) < 4.78 is 5.48. The number of amides is 1. The molecule has 0 aliphatic rings. The van der Waals surface area contributed by atoms with Gasteiger partial charge in [-0.15, -0.1) is 0 Å². The third-order valence-electron chi connectivity index (χ3n) is 3.83. The number of rotatable bonds is 15. The molecule has 0 unspecified atom stereocenters. The van der Waals surface area contributed by atoms with Crippen molar-refractivity contribution >= 4 is 6.09 Å². The molecule has 7 heteroatoms. The van der Waals surface area contributed by atoms with Gasteiger partial charge in [-0.1, -0.05) is 0 Å². The molecule has 0 saturated carbocycles. The number of nitrogens with one attached hydrogen (secondary N) is 1. The quantitative estimate of drug-likeness (QED) is 0.382. The predicted molar refractivity (Wildman–Crippen MR) is 96.2 cm³/mol. The Balaban J connectivity index is 3.97. The summed E-state index contributed by atoms with van der Waals surface area (Å²) in [7, 11) is 6.11. The largest absolute Gasteiger partial charge is 0.446 e. The second kappa shape index (κ2) is 15.6. The minimum atomic E-state index is -0.381. The van der Waals surface area contributed by atoms with E-state index in [1.54, 1.807) is 0 Å². The first kappa shape index (κ1) is 23.1.